The van der Waals surface area contributed by atoms with Gasteiger partial charge in [-0.25, -0.2) is 13.6 Å². The van der Waals surface area contributed by atoms with Crippen molar-refractivity contribution >= 4 is 11.7 Å². The lowest BCUT2D eigenvalue weighted by molar-refractivity contribution is 0.0697. The van der Waals surface area contributed by atoms with E-state index in [2.05, 4.69) is 5.32 Å². The summed E-state index contributed by atoms with van der Waals surface area (Å²) in [5.41, 5.74) is 2.29. The molecule has 0 aromatic heterocycles. The van der Waals surface area contributed by atoms with E-state index in [0.717, 1.165) is 30.9 Å². The summed E-state index contributed by atoms with van der Waals surface area (Å²) in [4.78, 5) is 11.7. The van der Waals surface area contributed by atoms with Crippen molar-refractivity contribution in [1.29, 1.82) is 0 Å². The quantitative estimate of drug-likeness (QED) is 0.800. The maximum Gasteiger partial charge on any atom is 0.337 e. The maximum atomic E-state index is 14.6. The maximum absolute atomic E-state index is 14.6. The number of carboxylic acid groups (broad SMARTS) is 1. The van der Waals surface area contributed by atoms with Crippen LogP contribution in [0.2, 0.25) is 0 Å². The fourth-order valence-corrected chi connectivity index (χ4v) is 5.75. The van der Waals surface area contributed by atoms with Crippen LogP contribution in [0.15, 0.2) is 36.4 Å². The summed E-state index contributed by atoms with van der Waals surface area (Å²) >= 11 is 0. The molecule has 5 heteroatoms. The van der Waals surface area contributed by atoms with Crippen molar-refractivity contribution < 1.29 is 18.7 Å². The van der Waals surface area contributed by atoms with Gasteiger partial charge in [0.25, 0.3) is 0 Å². The lowest BCUT2D eigenvalue weighted by Crippen LogP contribution is -2.36. The molecule has 2 bridgehead atoms. The van der Waals surface area contributed by atoms with Gasteiger partial charge in [0.2, 0.25) is 0 Å². The number of anilines is 1. The average molecular weight is 355 g/mol. The lowest BCUT2D eigenvalue weighted by Gasteiger charge is -2.44. The monoisotopic (exact) mass is 355 g/mol. The standard InChI is InChI=1S/C21H19F2NO2/c22-12-6-7-13(16(23)9-12)20-18-11-5-4-10(8-11)17(18)14-2-1-3-15(21(25)26)19(14)24-20/h1-3,6-7,9-11,17-18,20,24H,4-5,8H2,(H,25,26)/t10-,11-,17-,18+,20-/m1/s1. The van der Waals surface area contributed by atoms with E-state index in [9.17, 15) is 18.7 Å². The molecule has 5 rings (SSSR count). The van der Waals surface area contributed by atoms with Crippen LogP contribution in [0.4, 0.5) is 14.5 Å². The van der Waals surface area contributed by atoms with Gasteiger partial charge in [-0.3, -0.25) is 0 Å². The minimum Gasteiger partial charge on any atom is -0.478 e. The molecule has 2 N–H and O–H groups in total. The van der Waals surface area contributed by atoms with E-state index in [1.807, 2.05) is 6.07 Å². The van der Waals surface area contributed by atoms with Crippen LogP contribution in [0.1, 0.15) is 52.7 Å². The van der Waals surface area contributed by atoms with Crippen LogP contribution in [-0.2, 0) is 0 Å². The molecule has 2 aromatic carbocycles. The summed E-state index contributed by atoms with van der Waals surface area (Å²) in [6.45, 7) is 0. The molecular weight excluding hydrogens is 336 g/mol. The highest BCUT2D eigenvalue weighted by atomic mass is 19.1. The summed E-state index contributed by atoms with van der Waals surface area (Å²) in [7, 11) is 0. The number of rotatable bonds is 2. The molecule has 2 aliphatic carbocycles. The zero-order chi connectivity index (χ0) is 18.0. The largest absolute Gasteiger partial charge is 0.478 e. The van der Waals surface area contributed by atoms with Crippen LogP contribution < -0.4 is 5.32 Å². The van der Waals surface area contributed by atoms with Crippen molar-refractivity contribution in [3.8, 4) is 0 Å². The molecule has 0 spiro atoms. The number of hydrogen-bond acceptors (Lipinski definition) is 2. The highest BCUT2D eigenvalue weighted by Crippen LogP contribution is 2.64. The highest BCUT2D eigenvalue weighted by Gasteiger charge is 2.54. The Balaban J connectivity index is 1.69. The third-order valence-electron chi connectivity index (χ3n) is 6.65. The fourth-order valence-electron chi connectivity index (χ4n) is 5.75. The van der Waals surface area contributed by atoms with Crippen LogP contribution in [0, 0.1) is 29.4 Å². The molecule has 0 radical (unpaired) electrons. The first-order valence-corrected chi connectivity index (χ1v) is 9.12. The zero-order valence-electron chi connectivity index (χ0n) is 14.1. The predicted octanol–water partition coefficient (Wildman–Crippen LogP) is 4.96. The summed E-state index contributed by atoms with van der Waals surface area (Å²) < 4.78 is 28.0. The predicted molar refractivity (Wildman–Crippen MR) is 93.2 cm³/mol. The number of fused-ring (bicyclic) bond motifs is 7. The van der Waals surface area contributed by atoms with Gasteiger partial charge in [-0.15, -0.1) is 0 Å². The van der Waals surface area contributed by atoms with E-state index in [-0.39, 0.29) is 23.4 Å². The van der Waals surface area contributed by atoms with Gasteiger partial charge in [0.05, 0.1) is 17.3 Å². The first-order chi connectivity index (χ1) is 12.5. The Morgan fingerprint density at radius 2 is 1.88 bits per heavy atom. The summed E-state index contributed by atoms with van der Waals surface area (Å²) in [5, 5.41) is 12.9. The number of halogens is 2. The van der Waals surface area contributed by atoms with E-state index in [0.29, 0.717) is 23.1 Å². The number of carbonyl (C=O) groups is 1. The molecule has 2 aromatic rings. The van der Waals surface area contributed by atoms with Gasteiger partial charge in [0.15, 0.2) is 0 Å². The van der Waals surface area contributed by atoms with Gasteiger partial charge in [0, 0.05) is 11.6 Å². The van der Waals surface area contributed by atoms with Crippen LogP contribution in [-0.4, -0.2) is 11.1 Å². The topological polar surface area (TPSA) is 49.3 Å². The molecule has 2 fully saturated rings. The molecule has 26 heavy (non-hydrogen) atoms. The van der Waals surface area contributed by atoms with Crippen molar-refractivity contribution in [1.82, 2.24) is 0 Å². The minimum absolute atomic E-state index is 0.213. The van der Waals surface area contributed by atoms with Crippen LogP contribution in [0.5, 0.6) is 0 Å². The highest BCUT2D eigenvalue weighted by molar-refractivity contribution is 5.95. The second-order valence-corrected chi connectivity index (χ2v) is 7.80. The Labute approximate surface area is 150 Å². The Morgan fingerprint density at radius 1 is 1.08 bits per heavy atom. The SMILES string of the molecule is O=C(O)c1cccc2c1N[C@H](c1ccc(F)cc1F)[C@H]1[C@@H]3CC[C@H](C3)[C@H]21. The Morgan fingerprint density at radius 3 is 2.65 bits per heavy atom. The van der Waals surface area contributed by atoms with E-state index in [1.165, 1.54) is 12.1 Å². The van der Waals surface area contributed by atoms with Crippen LogP contribution in [0.25, 0.3) is 0 Å². The van der Waals surface area contributed by atoms with Crippen LogP contribution in [0.3, 0.4) is 0 Å². The normalized spacial score (nSPS) is 31.2. The third-order valence-corrected chi connectivity index (χ3v) is 6.65. The number of para-hydroxylation sites is 1. The number of aromatic carboxylic acids is 1. The first kappa shape index (κ1) is 15.8. The summed E-state index contributed by atoms with van der Waals surface area (Å²) in [6.07, 6.45) is 3.37. The van der Waals surface area contributed by atoms with Crippen molar-refractivity contribution in [2.45, 2.75) is 31.2 Å². The number of nitrogens with one attached hydrogen (secondary N) is 1. The fraction of sp³-hybridized carbons (Fsp3) is 0.381. The Hall–Kier alpha value is -2.43. The van der Waals surface area contributed by atoms with Gasteiger partial charge < -0.3 is 10.4 Å². The first-order valence-electron chi connectivity index (χ1n) is 9.12. The minimum atomic E-state index is -0.991. The molecule has 3 nitrogen and oxygen atoms in total. The Kier molecular flexibility index (Phi) is 3.36. The van der Waals surface area contributed by atoms with Gasteiger partial charge >= 0.3 is 5.97 Å². The van der Waals surface area contributed by atoms with Gasteiger partial charge in [0.1, 0.15) is 11.6 Å². The summed E-state index contributed by atoms with van der Waals surface area (Å²) in [5.74, 6) is -0.703. The van der Waals surface area contributed by atoms with E-state index in [4.69, 9.17) is 0 Å². The van der Waals surface area contributed by atoms with Crippen molar-refractivity contribution in [2.75, 3.05) is 5.32 Å². The lowest BCUT2D eigenvalue weighted by atomic mass is 9.67. The molecule has 3 aliphatic rings. The molecule has 5 atom stereocenters. The van der Waals surface area contributed by atoms with Crippen molar-refractivity contribution in [2.24, 2.45) is 17.8 Å². The molecule has 0 amide bonds. The summed E-state index contributed by atoms with van der Waals surface area (Å²) in [6, 6.07) is 8.75. The van der Waals surface area contributed by atoms with E-state index in [1.54, 1.807) is 12.1 Å². The zero-order valence-corrected chi connectivity index (χ0v) is 14.1. The molecule has 0 unspecified atom stereocenters. The van der Waals surface area contributed by atoms with Crippen molar-refractivity contribution in [3.05, 3.63) is 64.7 Å². The molecule has 1 aliphatic heterocycles. The molecule has 0 saturated heterocycles. The third kappa shape index (κ3) is 2.12. The molecular formula is C21H19F2NO2. The van der Waals surface area contributed by atoms with Crippen LogP contribution >= 0.6 is 0 Å². The molecule has 1 heterocycles. The molecule has 2 saturated carbocycles. The smallest absolute Gasteiger partial charge is 0.337 e. The van der Waals surface area contributed by atoms with Gasteiger partial charge in [-0.1, -0.05) is 18.2 Å². The second-order valence-electron chi connectivity index (χ2n) is 7.80. The van der Waals surface area contributed by atoms with Gasteiger partial charge in [-0.05, 0) is 60.6 Å². The number of benzene rings is 2. The number of hydrogen-bond donors (Lipinski definition) is 2. The van der Waals surface area contributed by atoms with Gasteiger partial charge in [-0.2, -0.15) is 0 Å². The van der Waals surface area contributed by atoms with E-state index >= 15 is 0 Å². The van der Waals surface area contributed by atoms with Crippen molar-refractivity contribution in [3.63, 3.8) is 0 Å². The average Bonchev–Trinajstić information content (AvgIpc) is 3.23. The van der Waals surface area contributed by atoms with E-state index < -0.39 is 17.6 Å². The second kappa shape index (κ2) is 5.53. The number of carboxylic acids is 1. The molecule has 134 valence electrons. The Bertz CT molecular complexity index is 913.